The van der Waals surface area contributed by atoms with Gasteiger partial charge in [-0.3, -0.25) is 4.90 Å². The average molecular weight is 289 g/mol. The number of hydrogen-bond donors (Lipinski definition) is 1. The zero-order chi connectivity index (χ0) is 14.8. The van der Waals surface area contributed by atoms with E-state index in [1.54, 1.807) is 18.3 Å². The fraction of sp³-hybridized carbons (Fsp3) is 0.438. The molecule has 0 spiro atoms. The molecule has 0 unspecified atom stereocenters. The van der Waals surface area contributed by atoms with Crippen molar-refractivity contribution < 1.29 is 9.50 Å². The van der Waals surface area contributed by atoms with Gasteiger partial charge in [0.15, 0.2) is 0 Å². The van der Waals surface area contributed by atoms with E-state index in [1.807, 2.05) is 17.8 Å². The lowest BCUT2D eigenvalue weighted by Gasteiger charge is -2.24. The maximum absolute atomic E-state index is 12.9. The lowest BCUT2D eigenvalue weighted by atomic mass is 10.1. The molecule has 1 N–H and O–H groups in total. The van der Waals surface area contributed by atoms with Gasteiger partial charge < -0.3 is 9.67 Å². The first-order valence-electron chi connectivity index (χ1n) is 7.27. The number of nitrogens with zero attached hydrogens (tertiary/aromatic N) is 3. The van der Waals surface area contributed by atoms with Crippen molar-refractivity contribution in [3.8, 4) is 0 Å². The van der Waals surface area contributed by atoms with E-state index in [2.05, 4.69) is 9.88 Å². The van der Waals surface area contributed by atoms with Crippen molar-refractivity contribution in [2.24, 2.45) is 7.05 Å². The summed E-state index contributed by atoms with van der Waals surface area (Å²) in [5.41, 5.74) is 0.752. The second kappa shape index (κ2) is 5.95. The predicted octanol–water partition coefficient (Wildman–Crippen LogP) is 2.26. The average Bonchev–Trinajstić information content (AvgIpc) is 3.24. The zero-order valence-corrected chi connectivity index (χ0v) is 12.1. The number of aromatic nitrogens is 2. The highest BCUT2D eigenvalue weighted by atomic mass is 19.1. The lowest BCUT2D eigenvalue weighted by molar-refractivity contribution is 0.102. The molecule has 0 amide bonds. The van der Waals surface area contributed by atoms with Crippen LogP contribution in [0.5, 0.6) is 0 Å². The van der Waals surface area contributed by atoms with Crippen LogP contribution in [0.1, 0.15) is 30.3 Å². The fourth-order valence-electron chi connectivity index (χ4n) is 2.53. The number of benzene rings is 1. The highest BCUT2D eigenvalue weighted by molar-refractivity contribution is 5.19. The SMILES string of the molecule is Cn1ccnc1CN(C[C@H](O)c1ccc(F)cc1)C1CC1. The molecular formula is C16H20FN3O. The summed E-state index contributed by atoms with van der Waals surface area (Å²) in [5, 5.41) is 10.4. The van der Waals surface area contributed by atoms with Crippen LogP contribution in [0, 0.1) is 5.82 Å². The van der Waals surface area contributed by atoms with Gasteiger partial charge in [0.2, 0.25) is 0 Å². The smallest absolute Gasteiger partial charge is 0.123 e. The van der Waals surface area contributed by atoms with E-state index >= 15 is 0 Å². The molecule has 0 saturated heterocycles. The number of aryl methyl sites for hydroxylation is 1. The fourth-order valence-corrected chi connectivity index (χ4v) is 2.53. The monoisotopic (exact) mass is 289 g/mol. The van der Waals surface area contributed by atoms with Gasteiger partial charge in [0, 0.05) is 32.0 Å². The van der Waals surface area contributed by atoms with Gasteiger partial charge in [0.1, 0.15) is 11.6 Å². The molecule has 0 radical (unpaired) electrons. The third kappa shape index (κ3) is 3.49. The first kappa shape index (κ1) is 14.2. The summed E-state index contributed by atoms with van der Waals surface area (Å²) in [4.78, 5) is 6.61. The van der Waals surface area contributed by atoms with Gasteiger partial charge in [-0.25, -0.2) is 9.37 Å². The predicted molar refractivity (Wildman–Crippen MR) is 78.0 cm³/mol. The molecule has 1 aliphatic carbocycles. The Balaban J connectivity index is 1.67. The molecule has 1 aliphatic rings. The van der Waals surface area contributed by atoms with Crippen molar-refractivity contribution in [1.29, 1.82) is 0 Å². The minimum atomic E-state index is -0.605. The maximum atomic E-state index is 12.9. The van der Waals surface area contributed by atoms with Crippen LogP contribution in [0.15, 0.2) is 36.7 Å². The molecule has 4 nitrogen and oxygen atoms in total. The van der Waals surface area contributed by atoms with Crippen molar-refractivity contribution >= 4 is 0 Å². The van der Waals surface area contributed by atoms with Crippen LogP contribution in [0.2, 0.25) is 0 Å². The molecule has 0 aliphatic heterocycles. The lowest BCUT2D eigenvalue weighted by Crippen LogP contribution is -2.31. The Bertz CT molecular complexity index is 592. The summed E-state index contributed by atoms with van der Waals surface area (Å²) in [7, 11) is 1.98. The van der Waals surface area contributed by atoms with Gasteiger partial charge in [0.25, 0.3) is 0 Å². The number of aliphatic hydroxyl groups is 1. The van der Waals surface area contributed by atoms with E-state index in [9.17, 15) is 9.50 Å². The van der Waals surface area contributed by atoms with E-state index in [0.29, 0.717) is 12.6 Å². The second-order valence-corrected chi connectivity index (χ2v) is 5.68. The quantitative estimate of drug-likeness (QED) is 0.887. The molecule has 1 atom stereocenters. The number of hydrogen-bond acceptors (Lipinski definition) is 3. The van der Waals surface area contributed by atoms with Gasteiger partial charge in [-0.05, 0) is 30.5 Å². The molecule has 1 heterocycles. The first-order valence-corrected chi connectivity index (χ1v) is 7.27. The summed E-state index contributed by atoms with van der Waals surface area (Å²) < 4.78 is 14.9. The zero-order valence-electron chi connectivity index (χ0n) is 12.1. The Labute approximate surface area is 123 Å². The second-order valence-electron chi connectivity index (χ2n) is 5.68. The molecule has 1 fully saturated rings. The van der Waals surface area contributed by atoms with Crippen LogP contribution in [0.25, 0.3) is 0 Å². The Hall–Kier alpha value is -1.72. The minimum Gasteiger partial charge on any atom is -0.387 e. The Morgan fingerprint density at radius 1 is 1.38 bits per heavy atom. The third-order valence-electron chi connectivity index (χ3n) is 3.99. The number of aliphatic hydroxyl groups excluding tert-OH is 1. The summed E-state index contributed by atoms with van der Waals surface area (Å²) >= 11 is 0. The largest absolute Gasteiger partial charge is 0.387 e. The van der Waals surface area contributed by atoms with Gasteiger partial charge in [-0.1, -0.05) is 12.1 Å². The molecule has 1 saturated carbocycles. The van der Waals surface area contributed by atoms with Gasteiger partial charge in [-0.2, -0.15) is 0 Å². The molecule has 1 aromatic heterocycles. The molecule has 2 aromatic rings. The third-order valence-corrected chi connectivity index (χ3v) is 3.99. The summed E-state index contributed by atoms with van der Waals surface area (Å²) in [6.45, 7) is 1.27. The molecule has 3 rings (SSSR count). The Morgan fingerprint density at radius 3 is 2.67 bits per heavy atom. The van der Waals surface area contributed by atoms with Crippen LogP contribution >= 0.6 is 0 Å². The van der Waals surface area contributed by atoms with Gasteiger partial charge >= 0.3 is 0 Å². The van der Waals surface area contributed by atoms with Crippen LogP contribution in [0.4, 0.5) is 4.39 Å². The minimum absolute atomic E-state index is 0.280. The topological polar surface area (TPSA) is 41.3 Å². The van der Waals surface area contributed by atoms with E-state index in [-0.39, 0.29) is 5.82 Å². The molecule has 5 heteroatoms. The summed E-state index contributed by atoms with van der Waals surface area (Å²) in [6.07, 6.45) is 5.45. The number of rotatable bonds is 6. The molecule has 21 heavy (non-hydrogen) atoms. The van der Waals surface area contributed by atoms with Crippen LogP contribution < -0.4 is 0 Å². The van der Waals surface area contributed by atoms with E-state index in [1.165, 1.54) is 25.0 Å². The summed E-state index contributed by atoms with van der Waals surface area (Å²) in [6, 6.07) is 6.59. The normalized spacial score (nSPS) is 16.4. The Morgan fingerprint density at radius 2 is 2.10 bits per heavy atom. The van der Waals surface area contributed by atoms with Crippen molar-refractivity contribution in [3.63, 3.8) is 0 Å². The van der Waals surface area contributed by atoms with E-state index in [0.717, 1.165) is 17.9 Å². The van der Waals surface area contributed by atoms with Crippen molar-refractivity contribution in [3.05, 3.63) is 53.9 Å². The first-order chi connectivity index (χ1) is 10.1. The van der Waals surface area contributed by atoms with Crippen molar-refractivity contribution in [2.75, 3.05) is 6.54 Å². The highest BCUT2D eigenvalue weighted by Crippen LogP contribution is 2.30. The molecule has 112 valence electrons. The van der Waals surface area contributed by atoms with Gasteiger partial charge in [-0.15, -0.1) is 0 Å². The Kier molecular flexibility index (Phi) is 4.03. The number of halogens is 1. The van der Waals surface area contributed by atoms with E-state index < -0.39 is 6.10 Å². The standard InChI is InChI=1S/C16H20FN3O/c1-19-9-8-18-16(19)11-20(14-6-7-14)10-15(21)12-2-4-13(17)5-3-12/h2-5,8-9,14-15,21H,6-7,10-11H2,1H3/t15-/m0/s1. The maximum Gasteiger partial charge on any atom is 0.123 e. The molecule has 1 aromatic carbocycles. The summed E-state index contributed by atoms with van der Waals surface area (Å²) in [5.74, 6) is 0.714. The molecular weight excluding hydrogens is 269 g/mol. The highest BCUT2D eigenvalue weighted by Gasteiger charge is 2.31. The number of imidazole rings is 1. The van der Waals surface area contributed by atoms with Crippen LogP contribution in [-0.2, 0) is 13.6 Å². The van der Waals surface area contributed by atoms with Crippen molar-refractivity contribution in [1.82, 2.24) is 14.5 Å². The van der Waals surface area contributed by atoms with E-state index in [4.69, 9.17) is 0 Å². The van der Waals surface area contributed by atoms with Crippen LogP contribution in [-0.4, -0.2) is 32.1 Å². The van der Waals surface area contributed by atoms with Crippen molar-refractivity contribution in [2.45, 2.75) is 31.5 Å². The van der Waals surface area contributed by atoms with Crippen LogP contribution in [0.3, 0.4) is 0 Å². The van der Waals surface area contributed by atoms with Gasteiger partial charge in [0.05, 0.1) is 12.6 Å². The molecule has 0 bridgehead atoms.